The van der Waals surface area contributed by atoms with Gasteiger partial charge >= 0.3 is 6.03 Å². The van der Waals surface area contributed by atoms with Crippen LogP contribution in [-0.4, -0.2) is 68.6 Å². The van der Waals surface area contributed by atoms with Crippen LogP contribution in [0.15, 0.2) is 34.2 Å². The lowest BCUT2D eigenvalue weighted by Crippen LogP contribution is -2.32. The van der Waals surface area contributed by atoms with Crippen molar-refractivity contribution in [2.45, 2.75) is 30.6 Å². The van der Waals surface area contributed by atoms with Crippen LogP contribution < -0.4 is 10.0 Å². The molecular formula is C18H23N5O5S. The number of carbonyl (C=O) groups is 3. The van der Waals surface area contributed by atoms with E-state index in [4.69, 9.17) is 0 Å². The largest absolute Gasteiger partial charge is 0.326 e. The van der Waals surface area contributed by atoms with E-state index in [1.165, 1.54) is 23.1 Å². The van der Waals surface area contributed by atoms with Gasteiger partial charge in [-0.3, -0.25) is 24.2 Å². The summed E-state index contributed by atoms with van der Waals surface area (Å²) >= 11 is 0. The maximum Gasteiger partial charge on any atom is 0.326 e. The summed E-state index contributed by atoms with van der Waals surface area (Å²) in [4.78, 5) is 42.2. The van der Waals surface area contributed by atoms with Crippen molar-refractivity contribution in [3.8, 4) is 0 Å². The summed E-state index contributed by atoms with van der Waals surface area (Å²) in [5.74, 6) is -0.175. The lowest BCUT2D eigenvalue weighted by molar-refractivity contribution is -0.125. The Kier molecular flexibility index (Phi) is 6.16. The van der Waals surface area contributed by atoms with Crippen LogP contribution in [0, 0.1) is 0 Å². The fourth-order valence-electron chi connectivity index (χ4n) is 3.09. The Morgan fingerprint density at radius 1 is 1.28 bits per heavy atom. The van der Waals surface area contributed by atoms with E-state index < -0.39 is 10.0 Å². The number of nitrogens with zero attached hydrogens (tertiary/aromatic N) is 3. The van der Waals surface area contributed by atoms with Crippen molar-refractivity contribution in [2.75, 3.05) is 32.0 Å². The molecule has 2 heterocycles. The fraction of sp³-hybridized carbons (Fsp3) is 0.444. The second-order valence-electron chi connectivity index (χ2n) is 6.90. The third kappa shape index (κ3) is 5.11. The number of amides is 4. The van der Waals surface area contributed by atoms with E-state index in [2.05, 4.69) is 15.0 Å². The molecule has 0 radical (unpaired) electrons. The molecule has 10 nitrogen and oxygen atoms in total. The van der Waals surface area contributed by atoms with Crippen LogP contribution in [0.3, 0.4) is 0 Å². The predicted molar refractivity (Wildman–Crippen MR) is 106 cm³/mol. The van der Waals surface area contributed by atoms with E-state index in [0.717, 1.165) is 11.3 Å². The number of urea groups is 1. The molecule has 4 amide bonds. The maximum absolute atomic E-state index is 12.5. The van der Waals surface area contributed by atoms with E-state index in [9.17, 15) is 22.8 Å². The molecule has 1 saturated heterocycles. The summed E-state index contributed by atoms with van der Waals surface area (Å²) in [5, 5.41) is 2.64. The molecule has 0 aromatic heterocycles. The van der Waals surface area contributed by atoms with Crippen molar-refractivity contribution in [1.82, 2.24) is 14.5 Å². The van der Waals surface area contributed by atoms with Gasteiger partial charge in [-0.1, -0.05) is 6.07 Å². The highest BCUT2D eigenvalue weighted by Crippen LogP contribution is 2.17. The number of aliphatic imine (C=N–C) groups is 1. The summed E-state index contributed by atoms with van der Waals surface area (Å²) < 4.78 is 27.4. The molecule has 156 valence electrons. The SMILES string of the molecule is CN1CC(=O)N(CCCC(=O)Nc2cccc(S(=O)(=O)NC3=NCCC3)c2)C1=O. The first-order chi connectivity index (χ1) is 13.8. The Hall–Kier alpha value is -2.95. The first-order valence-electron chi connectivity index (χ1n) is 9.28. The summed E-state index contributed by atoms with van der Waals surface area (Å²) in [5.41, 5.74) is 0.347. The van der Waals surface area contributed by atoms with Crippen molar-refractivity contribution in [1.29, 1.82) is 0 Å². The third-order valence-electron chi connectivity index (χ3n) is 4.57. The van der Waals surface area contributed by atoms with Crippen LogP contribution >= 0.6 is 0 Å². The average molecular weight is 421 g/mol. The minimum Gasteiger partial charge on any atom is -0.326 e. The molecule has 0 unspecified atom stereocenters. The molecule has 0 saturated carbocycles. The molecule has 2 N–H and O–H groups in total. The number of anilines is 1. The van der Waals surface area contributed by atoms with Gasteiger partial charge in [0.25, 0.3) is 10.0 Å². The number of hydrogen-bond acceptors (Lipinski definition) is 6. The molecule has 1 aromatic rings. The van der Waals surface area contributed by atoms with Crippen molar-refractivity contribution >= 4 is 39.4 Å². The van der Waals surface area contributed by atoms with Gasteiger partial charge in [0.15, 0.2) is 0 Å². The zero-order valence-corrected chi connectivity index (χ0v) is 16.9. The normalized spacial score (nSPS) is 16.9. The summed E-state index contributed by atoms with van der Waals surface area (Å²) in [6.45, 7) is 0.821. The summed E-state index contributed by atoms with van der Waals surface area (Å²) in [6, 6.07) is 5.57. The van der Waals surface area contributed by atoms with E-state index in [-0.39, 0.29) is 42.3 Å². The number of carbonyl (C=O) groups excluding carboxylic acids is 3. The monoisotopic (exact) mass is 421 g/mol. The molecule has 0 atom stereocenters. The molecule has 29 heavy (non-hydrogen) atoms. The van der Waals surface area contributed by atoms with Gasteiger partial charge in [-0.05, 0) is 31.0 Å². The molecule has 2 aliphatic heterocycles. The minimum atomic E-state index is -3.77. The number of imide groups is 1. The number of likely N-dealkylation sites (N-methyl/N-ethyl adjacent to an activating group) is 1. The molecule has 1 fully saturated rings. The second kappa shape index (κ2) is 8.60. The van der Waals surface area contributed by atoms with Crippen LogP contribution in [0.5, 0.6) is 0 Å². The Labute approximate surface area is 169 Å². The summed E-state index contributed by atoms with van der Waals surface area (Å²) in [7, 11) is -2.22. The molecular weight excluding hydrogens is 398 g/mol. The first-order valence-corrected chi connectivity index (χ1v) is 10.8. The number of sulfonamides is 1. The lowest BCUT2D eigenvalue weighted by atomic mass is 10.2. The molecule has 11 heteroatoms. The Morgan fingerprint density at radius 2 is 2.07 bits per heavy atom. The number of nitrogens with one attached hydrogen (secondary N) is 2. The predicted octanol–water partition coefficient (Wildman–Crippen LogP) is 0.770. The highest BCUT2D eigenvalue weighted by Gasteiger charge is 2.32. The standard InChI is InChI=1S/C18H23N5O5S/c1-22-12-17(25)23(18(22)26)10-4-8-16(24)20-13-5-2-6-14(11-13)29(27,28)21-15-7-3-9-19-15/h2,5-6,11H,3-4,7-10,12H2,1H3,(H,19,21)(H,20,24). The van der Waals surface area contributed by atoms with Gasteiger partial charge in [0.2, 0.25) is 11.8 Å². The van der Waals surface area contributed by atoms with Gasteiger partial charge in [0.1, 0.15) is 12.4 Å². The van der Waals surface area contributed by atoms with Gasteiger partial charge in [0.05, 0.1) is 4.90 Å². The third-order valence-corrected chi connectivity index (χ3v) is 5.95. The molecule has 0 bridgehead atoms. The van der Waals surface area contributed by atoms with Crippen LogP contribution in [0.2, 0.25) is 0 Å². The van der Waals surface area contributed by atoms with Gasteiger partial charge < -0.3 is 10.2 Å². The van der Waals surface area contributed by atoms with Gasteiger partial charge in [0, 0.05) is 38.7 Å². The minimum absolute atomic E-state index is 0.0289. The van der Waals surface area contributed by atoms with E-state index in [1.807, 2.05) is 0 Å². The highest BCUT2D eigenvalue weighted by atomic mass is 32.2. The summed E-state index contributed by atoms with van der Waals surface area (Å²) in [6.07, 6.45) is 1.82. The van der Waals surface area contributed by atoms with Gasteiger partial charge in [-0.15, -0.1) is 0 Å². The van der Waals surface area contributed by atoms with Gasteiger partial charge in [-0.2, -0.15) is 0 Å². The van der Waals surface area contributed by atoms with Crippen LogP contribution in [0.25, 0.3) is 0 Å². The zero-order chi connectivity index (χ0) is 21.0. The average Bonchev–Trinajstić information content (AvgIpc) is 3.24. The highest BCUT2D eigenvalue weighted by molar-refractivity contribution is 7.90. The number of hydrogen-bond donors (Lipinski definition) is 2. The molecule has 1 aromatic carbocycles. The van der Waals surface area contributed by atoms with E-state index in [0.29, 0.717) is 30.9 Å². The van der Waals surface area contributed by atoms with Crippen LogP contribution in [0.1, 0.15) is 25.7 Å². The van der Waals surface area contributed by atoms with E-state index in [1.54, 1.807) is 13.1 Å². The Morgan fingerprint density at radius 3 is 2.72 bits per heavy atom. The van der Waals surface area contributed by atoms with Crippen molar-refractivity contribution < 1.29 is 22.8 Å². The topological polar surface area (TPSA) is 128 Å². The number of amidine groups is 1. The Bertz CT molecular complexity index is 959. The maximum atomic E-state index is 12.5. The van der Waals surface area contributed by atoms with E-state index >= 15 is 0 Å². The number of rotatable bonds is 7. The van der Waals surface area contributed by atoms with Gasteiger partial charge in [-0.25, -0.2) is 13.2 Å². The number of benzene rings is 1. The fourth-order valence-corrected chi connectivity index (χ4v) is 4.22. The van der Waals surface area contributed by atoms with Crippen molar-refractivity contribution in [3.63, 3.8) is 0 Å². The van der Waals surface area contributed by atoms with Crippen LogP contribution in [0.4, 0.5) is 10.5 Å². The smallest absolute Gasteiger partial charge is 0.326 e. The molecule has 0 spiro atoms. The van der Waals surface area contributed by atoms with Crippen molar-refractivity contribution in [3.05, 3.63) is 24.3 Å². The quantitative estimate of drug-likeness (QED) is 0.629. The second-order valence-corrected chi connectivity index (χ2v) is 8.58. The van der Waals surface area contributed by atoms with Crippen LogP contribution in [-0.2, 0) is 19.6 Å². The molecule has 0 aliphatic carbocycles. The lowest BCUT2D eigenvalue weighted by Gasteiger charge is -2.14. The van der Waals surface area contributed by atoms with Crippen molar-refractivity contribution in [2.24, 2.45) is 4.99 Å². The Balaban J connectivity index is 1.53. The molecule has 2 aliphatic rings. The first kappa shape index (κ1) is 20.8. The zero-order valence-electron chi connectivity index (χ0n) is 16.1. The molecule has 3 rings (SSSR count).